The molecular weight excluding hydrogens is 503 g/mol. The van der Waals surface area contributed by atoms with Gasteiger partial charge in [0.05, 0.1) is 4.43 Å². The summed E-state index contributed by atoms with van der Waals surface area (Å²) in [6.45, 7) is 3.57. The Bertz CT molecular complexity index is 1020. The number of amides is 1. The van der Waals surface area contributed by atoms with E-state index in [0.717, 1.165) is 54.3 Å². The number of carbonyl (C=O) groups excluding carboxylic acids is 1. The second-order valence-corrected chi connectivity index (χ2v) is 8.45. The number of hydrogen-bond acceptors (Lipinski definition) is 5. The molecule has 4 rings (SSSR count). The standard InChI is InChI=1S/C24H25IN4O2/c1-17-6-11-22(27-15-17)28-19-7-9-20(10-8-19)31-24-21(5-2-12-26-24)18-4-3-13-29(16-18)23(30)14-25/h2,5-12,15,18H,3-4,13-14,16H2,1H3,(H,27,28). The molecule has 0 bridgehead atoms. The maximum Gasteiger partial charge on any atom is 0.232 e. The van der Waals surface area contributed by atoms with Gasteiger partial charge in [-0.1, -0.05) is 34.7 Å². The molecule has 1 aliphatic rings. The minimum Gasteiger partial charge on any atom is -0.439 e. The van der Waals surface area contributed by atoms with Crippen LogP contribution in [0.3, 0.4) is 0 Å². The fraction of sp³-hybridized carbons (Fsp3) is 0.292. The minimum atomic E-state index is 0.197. The molecule has 1 saturated heterocycles. The summed E-state index contributed by atoms with van der Waals surface area (Å²) in [5, 5.41) is 3.29. The SMILES string of the molecule is Cc1ccc(Nc2ccc(Oc3ncccc3C3CCCN(C(=O)CI)C3)cc2)nc1. The van der Waals surface area contributed by atoms with Crippen molar-refractivity contribution < 1.29 is 9.53 Å². The fourth-order valence-electron chi connectivity index (χ4n) is 3.75. The average molecular weight is 528 g/mol. The number of rotatable bonds is 6. The first-order valence-corrected chi connectivity index (χ1v) is 11.9. The molecule has 1 aliphatic heterocycles. The van der Waals surface area contributed by atoms with Gasteiger partial charge in [-0.2, -0.15) is 0 Å². The zero-order valence-electron chi connectivity index (χ0n) is 17.4. The number of likely N-dealkylation sites (tertiary alicyclic amines) is 1. The van der Waals surface area contributed by atoms with Crippen LogP contribution in [0.4, 0.5) is 11.5 Å². The van der Waals surface area contributed by atoms with Crippen LogP contribution in [0.5, 0.6) is 11.6 Å². The minimum absolute atomic E-state index is 0.197. The van der Waals surface area contributed by atoms with Crippen LogP contribution in [-0.2, 0) is 4.79 Å². The molecule has 6 nitrogen and oxygen atoms in total. The van der Waals surface area contributed by atoms with Gasteiger partial charge in [-0.25, -0.2) is 9.97 Å². The van der Waals surface area contributed by atoms with Crippen LogP contribution in [0.25, 0.3) is 0 Å². The van der Waals surface area contributed by atoms with E-state index in [2.05, 4.69) is 43.9 Å². The topological polar surface area (TPSA) is 67.3 Å². The second-order valence-electron chi connectivity index (χ2n) is 7.68. The third-order valence-corrected chi connectivity index (χ3v) is 6.03. The van der Waals surface area contributed by atoms with Crippen molar-refractivity contribution in [3.05, 3.63) is 72.1 Å². The van der Waals surface area contributed by atoms with Crippen LogP contribution in [0.1, 0.15) is 29.9 Å². The van der Waals surface area contributed by atoms with Crippen molar-refractivity contribution in [1.29, 1.82) is 0 Å². The van der Waals surface area contributed by atoms with Gasteiger partial charge in [0.2, 0.25) is 11.8 Å². The first kappa shape index (κ1) is 21.5. The van der Waals surface area contributed by atoms with Gasteiger partial charge in [-0.3, -0.25) is 4.79 Å². The van der Waals surface area contributed by atoms with Gasteiger partial charge >= 0.3 is 0 Å². The number of aromatic nitrogens is 2. The Morgan fingerprint density at radius 1 is 1.19 bits per heavy atom. The van der Waals surface area contributed by atoms with E-state index in [4.69, 9.17) is 4.74 Å². The molecule has 7 heteroatoms. The Kier molecular flexibility index (Phi) is 7.01. The zero-order valence-corrected chi connectivity index (χ0v) is 19.6. The van der Waals surface area contributed by atoms with Crippen LogP contribution in [0, 0.1) is 6.92 Å². The molecule has 1 aromatic carbocycles. The molecule has 0 spiro atoms. The Morgan fingerprint density at radius 3 is 2.77 bits per heavy atom. The second kappa shape index (κ2) is 10.1. The van der Waals surface area contributed by atoms with Gasteiger partial charge in [0, 0.05) is 42.7 Å². The van der Waals surface area contributed by atoms with Crippen molar-refractivity contribution in [2.45, 2.75) is 25.7 Å². The van der Waals surface area contributed by atoms with Crippen molar-refractivity contribution >= 4 is 40.0 Å². The largest absolute Gasteiger partial charge is 0.439 e. The Morgan fingerprint density at radius 2 is 2.03 bits per heavy atom. The van der Waals surface area contributed by atoms with Gasteiger partial charge in [0.1, 0.15) is 11.6 Å². The van der Waals surface area contributed by atoms with Crippen LogP contribution in [-0.4, -0.2) is 38.3 Å². The molecule has 2 aromatic heterocycles. The highest BCUT2D eigenvalue weighted by Gasteiger charge is 2.26. The molecule has 0 saturated carbocycles. The van der Waals surface area contributed by atoms with E-state index >= 15 is 0 Å². The lowest BCUT2D eigenvalue weighted by atomic mass is 9.91. The average Bonchev–Trinajstić information content (AvgIpc) is 2.82. The summed E-state index contributed by atoms with van der Waals surface area (Å²) < 4.78 is 6.66. The number of carbonyl (C=O) groups is 1. The number of ether oxygens (including phenoxy) is 1. The summed E-state index contributed by atoms with van der Waals surface area (Å²) in [7, 11) is 0. The lowest BCUT2D eigenvalue weighted by molar-refractivity contribution is -0.129. The van der Waals surface area contributed by atoms with Crippen LogP contribution < -0.4 is 10.1 Å². The van der Waals surface area contributed by atoms with E-state index in [1.165, 1.54) is 0 Å². The number of benzene rings is 1. The van der Waals surface area contributed by atoms with Gasteiger partial charge < -0.3 is 15.0 Å². The van der Waals surface area contributed by atoms with Crippen molar-refractivity contribution in [1.82, 2.24) is 14.9 Å². The third-order valence-electron chi connectivity index (χ3n) is 5.38. The number of halogens is 1. The molecular formula is C24H25IN4O2. The molecule has 1 fully saturated rings. The van der Waals surface area contributed by atoms with E-state index in [1.54, 1.807) is 6.20 Å². The van der Waals surface area contributed by atoms with Crippen molar-refractivity contribution in [3.63, 3.8) is 0 Å². The quantitative estimate of drug-likeness (QED) is 0.340. The summed E-state index contributed by atoms with van der Waals surface area (Å²) in [4.78, 5) is 23.0. The van der Waals surface area contributed by atoms with E-state index in [-0.39, 0.29) is 11.8 Å². The number of anilines is 2. The molecule has 1 atom stereocenters. The van der Waals surface area contributed by atoms with Gasteiger partial charge in [0.25, 0.3) is 0 Å². The first-order valence-electron chi connectivity index (χ1n) is 10.4. The van der Waals surface area contributed by atoms with E-state index in [0.29, 0.717) is 10.3 Å². The number of piperidine rings is 1. The number of aryl methyl sites for hydroxylation is 1. The number of nitrogens with zero attached hydrogens (tertiary/aromatic N) is 3. The van der Waals surface area contributed by atoms with Gasteiger partial charge in [0.15, 0.2) is 0 Å². The number of hydrogen-bond donors (Lipinski definition) is 1. The highest BCUT2D eigenvalue weighted by molar-refractivity contribution is 14.1. The van der Waals surface area contributed by atoms with Crippen molar-refractivity contribution in [2.75, 3.05) is 22.8 Å². The van der Waals surface area contributed by atoms with Gasteiger partial charge in [-0.15, -0.1) is 0 Å². The summed E-state index contributed by atoms with van der Waals surface area (Å²) in [6.07, 6.45) is 5.60. The maximum absolute atomic E-state index is 12.2. The highest BCUT2D eigenvalue weighted by Crippen LogP contribution is 2.34. The number of nitrogens with one attached hydrogen (secondary N) is 1. The Balaban J connectivity index is 1.46. The smallest absolute Gasteiger partial charge is 0.232 e. The summed E-state index contributed by atoms with van der Waals surface area (Å²) in [6, 6.07) is 15.7. The molecule has 1 amide bonds. The number of pyridine rings is 2. The van der Waals surface area contributed by atoms with Crippen LogP contribution >= 0.6 is 22.6 Å². The highest BCUT2D eigenvalue weighted by atomic mass is 127. The fourth-order valence-corrected chi connectivity index (χ4v) is 4.23. The Labute approximate surface area is 196 Å². The third kappa shape index (κ3) is 5.52. The first-order chi connectivity index (χ1) is 15.1. The van der Waals surface area contributed by atoms with E-state index in [1.807, 2.05) is 60.5 Å². The zero-order chi connectivity index (χ0) is 21.6. The molecule has 1 unspecified atom stereocenters. The Hall–Kier alpha value is -2.68. The summed E-state index contributed by atoms with van der Waals surface area (Å²) in [5.41, 5.74) is 3.12. The molecule has 0 radical (unpaired) electrons. The lowest BCUT2D eigenvalue weighted by Crippen LogP contribution is -2.39. The lowest BCUT2D eigenvalue weighted by Gasteiger charge is -2.33. The molecule has 160 valence electrons. The molecule has 3 aromatic rings. The normalized spacial score (nSPS) is 16.1. The van der Waals surface area contributed by atoms with Crippen molar-refractivity contribution in [3.8, 4) is 11.6 Å². The van der Waals surface area contributed by atoms with Crippen LogP contribution in [0.2, 0.25) is 0 Å². The summed E-state index contributed by atoms with van der Waals surface area (Å²) in [5.74, 6) is 2.56. The van der Waals surface area contributed by atoms with E-state index in [9.17, 15) is 4.79 Å². The van der Waals surface area contributed by atoms with Gasteiger partial charge in [-0.05, 0) is 61.7 Å². The molecule has 31 heavy (non-hydrogen) atoms. The monoisotopic (exact) mass is 528 g/mol. The molecule has 1 N–H and O–H groups in total. The number of alkyl halides is 1. The summed E-state index contributed by atoms with van der Waals surface area (Å²) >= 11 is 2.13. The predicted molar refractivity (Wildman–Crippen MR) is 130 cm³/mol. The van der Waals surface area contributed by atoms with E-state index < -0.39 is 0 Å². The maximum atomic E-state index is 12.2. The molecule has 3 heterocycles. The van der Waals surface area contributed by atoms with Crippen LogP contribution in [0.15, 0.2) is 60.9 Å². The molecule has 0 aliphatic carbocycles. The van der Waals surface area contributed by atoms with Crippen molar-refractivity contribution in [2.24, 2.45) is 0 Å². The predicted octanol–water partition coefficient (Wildman–Crippen LogP) is 5.46.